The lowest BCUT2D eigenvalue weighted by Gasteiger charge is -2.39. The molecule has 8 heteroatoms. The molecule has 3 rings (SSSR count). The first-order valence-corrected chi connectivity index (χ1v) is 9.85. The van der Waals surface area contributed by atoms with Gasteiger partial charge in [-0.25, -0.2) is 0 Å². The van der Waals surface area contributed by atoms with Gasteiger partial charge in [-0.3, -0.25) is 14.9 Å². The van der Waals surface area contributed by atoms with E-state index in [1.54, 1.807) is 6.92 Å². The van der Waals surface area contributed by atoms with Crippen LogP contribution in [0.25, 0.3) is 0 Å². The van der Waals surface area contributed by atoms with Crippen molar-refractivity contribution in [2.45, 2.75) is 43.2 Å². The Morgan fingerprint density at radius 2 is 1.88 bits per heavy atom. The minimum absolute atomic E-state index is 0.0243. The molecule has 0 saturated carbocycles. The summed E-state index contributed by atoms with van der Waals surface area (Å²) in [5, 5.41) is 16.2. The van der Waals surface area contributed by atoms with Crippen LogP contribution in [0.15, 0.2) is 0 Å². The zero-order valence-corrected chi connectivity index (χ0v) is 15.1. The molecule has 7 nitrogen and oxygen atoms in total. The van der Waals surface area contributed by atoms with E-state index >= 15 is 0 Å². The highest BCUT2D eigenvalue weighted by Gasteiger charge is 2.45. The van der Waals surface area contributed by atoms with E-state index in [-0.39, 0.29) is 29.1 Å². The molecule has 0 unspecified atom stereocenters. The van der Waals surface area contributed by atoms with E-state index in [9.17, 15) is 14.7 Å². The number of aliphatic hydroxyl groups is 1. The number of rotatable bonds is 3. The number of piperazine rings is 1. The maximum absolute atomic E-state index is 12.7. The minimum atomic E-state index is -0.589. The lowest BCUT2D eigenvalue weighted by molar-refractivity contribution is -0.136. The van der Waals surface area contributed by atoms with Crippen LogP contribution < -0.4 is 10.6 Å². The van der Waals surface area contributed by atoms with Gasteiger partial charge in [0, 0.05) is 45.0 Å². The molecule has 3 aliphatic heterocycles. The molecule has 24 heavy (non-hydrogen) atoms. The van der Waals surface area contributed by atoms with Crippen molar-refractivity contribution >= 4 is 23.6 Å². The summed E-state index contributed by atoms with van der Waals surface area (Å²) in [7, 11) is 0. The second-order valence-electron chi connectivity index (χ2n) is 7.01. The number of nitrogens with zero attached hydrogens (tertiary/aromatic N) is 2. The third kappa shape index (κ3) is 4.04. The van der Waals surface area contributed by atoms with Gasteiger partial charge >= 0.3 is 0 Å². The average Bonchev–Trinajstić information content (AvgIpc) is 2.98. The molecule has 0 aliphatic carbocycles. The number of aliphatic hydroxyl groups excluding tert-OH is 1. The summed E-state index contributed by atoms with van der Waals surface area (Å²) < 4.78 is 0. The number of nitrogens with one attached hydrogen (secondary N) is 2. The van der Waals surface area contributed by atoms with Gasteiger partial charge in [0.1, 0.15) is 0 Å². The summed E-state index contributed by atoms with van der Waals surface area (Å²) in [6.45, 7) is 6.35. The summed E-state index contributed by atoms with van der Waals surface area (Å²) in [5.41, 5.74) is 0. The molecular weight excluding hydrogens is 328 g/mol. The molecule has 136 valence electrons. The Bertz CT molecular complexity index is 474. The molecule has 2 atom stereocenters. The Hall–Kier alpha value is -0.830. The fourth-order valence-corrected chi connectivity index (χ4v) is 5.08. The third-order valence-corrected chi connectivity index (χ3v) is 6.66. The van der Waals surface area contributed by atoms with Gasteiger partial charge < -0.3 is 20.2 Å². The standard InChI is InChI=1S/C16H28N4O3S/c1-12(21)10-14(22)19-6-2-16(3-7-19)18-13(11-24-16)15(23)20-8-4-17-5-9-20/h12-13,17-18,21H,2-11H2,1H3/t12-,13+/m1/s1. The van der Waals surface area contributed by atoms with Crippen LogP contribution in [0.3, 0.4) is 0 Å². The van der Waals surface area contributed by atoms with Crippen molar-refractivity contribution in [1.82, 2.24) is 20.4 Å². The highest BCUT2D eigenvalue weighted by molar-refractivity contribution is 8.01. The highest BCUT2D eigenvalue weighted by Crippen LogP contribution is 2.39. The highest BCUT2D eigenvalue weighted by atomic mass is 32.2. The van der Waals surface area contributed by atoms with Crippen molar-refractivity contribution in [3.63, 3.8) is 0 Å². The monoisotopic (exact) mass is 356 g/mol. The Morgan fingerprint density at radius 3 is 2.50 bits per heavy atom. The van der Waals surface area contributed by atoms with Gasteiger partial charge in [0.15, 0.2) is 0 Å². The third-order valence-electron chi connectivity index (χ3n) is 5.08. The quantitative estimate of drug-likeness (QED) is 0.615. The van der Waals surface area contributed by atoms with Gasteiger partial charge in [0.25, 0.3) is 0 Å². The van der Waals surface area contributed by atoms with Crippen LogP contribution in [0.2, 0.25) is 0 Å². The Balaban J connectivity index is 1.50. The maximum Gasteiger partial charge on any atom is 0.240 e. The Labute approximate surface area is 147 Å². The first-order chi connectivity index (χ1) is 11.5. The Morgan fingerprint density at radius 1 is 1.21 bits per heavy atom. The number of carbonyl (C=O) groups excluding carboxylic acids is 2. The molecule has 3 N–H and O–H groups in total. The van der Waals surface area contributed by atoms with Crippen molar-refractivity contribution in [3.8, 4) is 0 Å². The van der Waals surface area contributed by atoms with Gasteiger partial charge in [-0.05, 0) is 19.8 Å². The molecule has 0 aromatic rings. The lowest BCUT2D eigenvalue weighted by Crippen LogP contribution is -2.57. The lowest BCUT2D eigenvalue weighted by atomic mass is 10.0. The molecular formula is C16H28N4O3S. The second kappa shape index (κ2) is 7.59. The van der Waals surface area contributed by atoms with Crippen molar-refractivity contribution in [3.05, 3.63) is 0 Å². The number of piperidine rings is 1. The number of hydrogen-bond acceptors (Lipinski definition) is 6. The van der Waals surface area contributed by atoms with Gasteiger partial charge in [-0.2, -0.15) is 0 Å². The predicted octanol–water partition coefficient (Wildman–Crippen LogP) is -0.787. The first kappa shape index (κ1) is 18.0. The van der Waals surface area contributed by atoms with Crippen molar-refractivity contribution in [2.75, 3.05) is 45.0 Å². The van der Waals surface area contributed by atoms with Crippen LogP contribution in [0.4, 0.5) is 0 Å². The molecule has 3 heterocycles. The summed E-state index contributed by atoms with van der Waals surface area (Å²) in [4.78, 5) is 28.4. The molecule has 3 fully saturated rings. The second-order valence-corrected chi connectivity index (χ2v) is 8.41. The first-order valence-electron chi connectivity index (χ1n) is 8.86. The van der Waals surface area contributed by atoms with Gasteiger partial charge in [0.05, 0.1) is 23.4 Å². The number of likely N-dealkylation sites (tertiary alicyclic amines) is 1. The fourth-order valence-electron chi connectivity index (χ4n) is 3.67. The largest absolute Gasteiger partial charge is 0.393 e. The summed E-state index contributed by atoms with van der Waals surface area (Å²) in [6, 6.07) is -0.104. The van der Waals surface area contributed by atoms with E-state index in [2.05, 4.69) is 10.6 Å². The van der Waals surface area contributed by atoms with Crippen LogP contribution in [-0.4, -0.2) is 88.8 Å². The number of carbonyl (C=O) groups is 2. The summed E-state index contributed by atoms with van der Waals surface area (Å²) >= 11 is 1.83. The van der Waals surface area contributed by atoms with Crippen molar-refractivity contribution in [1.29, 1.82) is 0 Å². The SMILES string of the molecule is C[C@@H](O)CC(=O)N1CCC2(CC1)N[C@H](C(=O)N1CCNCC1)CS2. The molecule has 0 radical (unpaired) electrons. The predicted molar refractivity (Wildman–Crippen MR) is 93.7 cm³/mol. The van der Waals surface area contributed by atoms with E-state index in [0.29, 0.717) is 13.1 Å². The zero-order chi connectivity index (χ0) is 17.2. The van der Waals surface area contributed by atoms with Gasteiger partial charge in [0.2, 0.25) is 11.8 Å². The molecule has 3 aliphatic rings. The van der Waals surface area contributed by atoms with Crippen LogP contribution in [-0.2, 0) is 9.59 Å². The molecule has 1 spiro atoms. The number of amides is 2. The number of hydrogen-bond donors (Lipinski definition) is 3. The van der Waals surface area contributed by atoms with E-state index in [0.717, 1.165) is 44.8 Å². The smallest absolute Gasteiger partial charge is 0.240 e. The maximum atomic E-state index is 12.7. The normalized spacial score (nSPS) is 28.2. The average molecular weight is 356 g/mol. The fraction of sp³-hybridized carbons (Fsp3) is 0.875. The van der Waals surface area contributed by atoms with Gasteiger partial charge in [-0.1, -0.05) is 0 Å². The molecule has 0 aromatic carbocycles. The topological polar surface area (TPSA) is 84.9 Å². The van der Waals surface area contributed by atoms with Gasteiger partial charge in [-0.15, -0.1) is 11.8 Å². The molecule has 2 amide bonds. The van der Waals surface area contributed by atoms with Crippen LogP contribution in [0.5, 0.6) is 0 Å². The van der Waals surface area contributed by atoms with Crippen LogP contribution in [0, 0.1) is 0 Å². The molecule has 0 aromatic heterocycles. The molecule has 0 bridgehead atoms. The minimum Gasteiger partial charge on any atom is -0.393 e. The van der Waals surface area contributed by atoms with Crippen LogP contribution in [0.1, 0.15) is 26.2 Å². The zero-order valence-electron chi connectivity index (χ0n) is 14.3. The van der Waals surface area contributed by atoms with E-state index in [1.807, 2.05) is 21.6 Å². The number of thioether (sulfide) groups is 1. The Kier molecular flexibility index (Phi) is 5.69. The van der Waals surface area contributed by atoms with E-state index in [4.69, 9.17) is 0 Å². The van der Waals surface area contributed by atoms with Crippen molar-refractivity contribution in [2.24, 2.45) is 0 Å². The van der Waals surface area contributed by atoms with Crippen LogP contribution >= 0.6 is 11.8 Å². The van der Waals surface area contributed by atoms with Crippen molar-refractivity contribution < 1.29 is 14.7 Å². The van der Waals surface area contributed by atoms with E-state index in [1.165, 1.54) is 0 Å². The van der Waals surface area contributed by atoms with E-state index < -0.39 is 6.10 Å². The molecule has 3 saturated heterocycles. The summed E-state index contributed by atoms with van der Waals surface area (Å²) in [6.07, 6.45) is 1.31. The summed E-state index contributed by atoms with van der Waals surface area (Å²) in [5.74, 6) is 1.05.